The number of rotatable bonds is 9. The molecule has 0 heterocycles. The van der Waals surface area contributed by atoms with Crippen LogP contribution >= 0.6 is 12.2 Å². The summed E-state index contributed by atoms with van der Waals surface area (Å²) in [5, 5.41) is 0. The predicted molar refractivity (Wildman–Crippen MR) is 72.4 cm³/mol. The van der Waals surface area contributed by atoms with Gasteiger partial charge in [-0.3, -0.25) is 4.79 Å². The first-order valence-corrected chi connectivity index (χ1v) is 6.58. The van der Waals surface area contributed by atoms with Crippen LogP contribution in [0.25, 0.3) is 0 Å². The quantitative estimate of drug-likeness (QED) is 0.500. The van der Waals surface area contributed by atoms with E-state index < -0.39 is 0 Å². The Balaban J connectivity index is 3.77. The van der Waals surface area contributed by atoms with Crippen molar-refractivity contribution in [3.63, 3.8) is 0 Å². The van der Waals surface area contributed by atoms with Gasteiger partial charge in [0, 0.05) is 25.9 Å². The molecule has 0 spiro atoms. The van der Waals surface area contributed by atoms with E-state index in [9.17, 15) is 4.79 Å². The van der Waals surface area contributed by atoms with Crippen LogP contribution in [0, 0.1) is 0 Å². The van der Waals surface area contributed by atoms with Crippen LogP contribution in [0.5, 0.6) is 0 Å². The molecule has 4 heteroatoms. The van der Waals surface area contributed by atoms with Gasteiger partial charge in [-0.15, -0.1) is 0 Å². The van der Waals surface area contributed by atoms with Crippen molar-refractivity contribution in [2.75, 3.05) is 13.1 Å². The van der Waals surface area contributed by atoms with E-state index in [0.717, 1.165) is 19.4 Å². The van der Waals surface area contributed by atoms with E-state index in [0.29, 0.717) is 24.4 Å². The summed E-state index contributed by atoms with van der Waals surface area (Å²) in [6, 6.07) is 0. The zero-order valence-corrected chi connectivity index (χ0v) is 11.3. The van der Waals surface area contributed by atoms with Crippen molar-refractivity contribution >= 4 is 23.1 Å². The molecule has 0 aliphatic heterocycles. The van der Waals surface area contributed by atoms with Crippen LogP contribution in [-0.4, -0.2) is 28.9 Å². The average molecular weight is 244 g/mol. The second-order valence-corrected chi connectivity index (χ2v) is 4.52. The van der Waals surface area contributed by atoms with Gasteiger partial charge >= 0.3 is 0 Å². The van der Waals surface area contributed by atoms with Crippen molar-refractivity contribution in [3.8, 4) is 0 Å². The fourth-order valence-corrected chi connectivity index (χ4v) is 1.66. The number of unbranched alkanes of at least 4 members (excludes halogenated alkanes) is 3. The maximum Gasteiger partial charge on any atom is 0.222 e. The van der Waals surface area contributed by atoms with Crippen molar-refractivity contribution in [1.29, 1.82) is 0 Å². The van der Waals surface area contributed by atoms with E-state index in [4.69, 9.17) is 18.0 Å². The first-order valence-electron chi connectivity index (χ1n) is 6.17. The molecule has 3 nitrogen and oxygen atoms in total. The van der Waals surface area contributed by atoms with Crippen LogP contribution in [0.4, 0.5) is 0 Å². The second-order valence-electron chi connectivity index (χ2n) is 4.00. The highest BCUT2D eigenvalue weighted by Gasteiger charge is 2.10. The Labute approximate surface area is 104 Å². The van der Waals surface area contributed by atoms with Crippen molar-refractivity contribution in [1.82, 2.24) is 4.90 Å². The number of carbonyl (C=O) groups excluding carboxylic acids is 1. The van der Waals surface area contributed by atoms with Gasteiger partial charge in [0.1, 0.15) is 0 Å². The lowest BCUT2D eigenvalue weighted by Crippen LogP contribution is -2.33. The molecule has 0 fully saturated rings. The van der Waals surface area contributed by atoms with Gasteiger partial charge in [-0.25, -0.2) is 0 Å². The molecule has 2 N–H and O–H groups in total. The molecule has 0 saturated heterocycles. The average Bonchev–Trinajstić information content (AvgIpc) is 2.25. The number of amides is 1. The minimum Gasteiger partial charge on any atom is -0.393 e. The van der Waals surface area contributed by atoms with E-state index >= 15 is 0 Å². The summed E-state index contributed by atoms with van der Waals surface area (Å²) >= 11 is 4.81. The van der Waals surface area contributed by atoms with E-state index in [1.165, 1.54) is 12.8 Å². The lowest BCUT2D eigenvalue weighted by atomic mass is 10.1. The molecule has 0 unspecified atom stereocenters. The number of hydrogen-bond donors (Lipinski definition) is 1. The van der Waals surface area contributed by atoms with Gasteiger partial charge in [-0.05, 0) is 13.3 Å². The highest BCUT2D eigenvalue weighted by Crippen LogP contribution is 2.05. The molecule has 16 heavy (non-hydrogen) atoms. The Morgan fingerprint density at radius 3 is 2.38 bits per heavy atom. The monoisotopic (exact) mass is 244 g/mol. The molecule has 0 atom stereocenters. The van der Waals surface area contributed by atoms with Gasteiger partial charge in [0.2, 0.25) is 5.91 Å². The molecule has 0 bridgehead atoms. The summed E-state index contributed by atoms with van der Waals surface area (Å²) in [5.41, 5.74) is 5.43. The second kappa shape index (κ2) is 9.58. The van der Waals surface area contributed by atoms with Gasteiger partial charge in [-0.2, -0.15) is 0 Å². The largest absolute Gasteiger partial charge is 0.393 e. The van der Waals surface area contributed by atoms with Gasteiger partial charge in [0.15, 0.2) is 0 Å². The third-order valence-electron chi connectivity index (χ3n) is 2.61. The maximum atomic E-state index is 11.8. The summed E-state index contributed by atoms with van der Waals surface area (Å²) in [4.78, 5) is 14.1. The number of thiocarbonyl (C=S) groups is 1. The topological polar surface area (TPSA) is 46.3 Å². The molecular weight excluding hydrogens is 220 g/mol. The fourth-order valence-electron chi connectivity index (χ4n) is 1.57. The smallest absolute Gasteiger partial charge is 0.222 e. The van der Waals surface area contributed by atoms with E-state index in [2.05, 4.69) is 6.92 Å². The summed E-state index contributed by atoms with van der Waals surface area (Å²) in [6.45, 7) is 5.57. The zero-order valence-electron chi connectivity index (χ0n) is 10.5. The molecular formula is C12H24N2OS. The van der Waals surface area contributed by atoms with Crippen molar-refractivity contribution in [2.24, 2.45) is 5.73 Å². The minimum absolute atomic E-state index is 0.231. The lowest BCUT2D eigenvalue weighted by molar-refractivity contribution is -0.131. The number of nitrogens with two attached hydrogens (primary N) is 1. The zero-order chi connectivity index (χ0) is 12.4. The SMILES string of the molecule is CCCCCCC(=O)N(CC)CCC(N)=S. The molecule has 0 saturated carbocycles. The molecule has 0 aliphatic carbocycles. The number of carbonyl (C=O) groups is 1. The van der Waals surface area contributed by atoms with Gasteiger partial charge in [0.25, 0.3) is 0 Å². The highest BCUT2D eigenvalue weighted by atomic mass is 32.1. The first kappa shape index (κ1) is 15.4. The molecule has 0 aliphatic rings. The lowest BCUT2D eigenvalue weighted by Gasteiger charge is -2.20. The predicted octanol–water partition coefficient (Wildman–Crippen LogP) is 2.48. The Hall–Kier alpha value is -0.640. The molecule has 0 aromatic carbocycles. The fraction of sp³-hybridized carbons (Fsp3) is 0.833. The van der Waals surface area contributed by atoms with E-state index in [1.807, 2.05) is 11.8 Å². The summed E-state index contributed by atoms with van der Waals surface area (Å²) in [6.07, 6.45) is 5.85. The third-order valence-corrected chi connectivity index (χ3v) is 2.81. The van der Waals surface area contributed by atoms with Crippen LogP contribution in [-0.2, 0) is 4.79 Å². The standard InChI is InChI=1S/C12H24N2OS/c1-3-5-6-7-8-12(15)14(4-2)10-9-11(13)16/h3-10H2,1-2H3,(H2,13,16). The Morgan fingerprint density at radius 2 is 1.88 bits per heavy atom. The van der Waals surface area contributed by atoms with Crippen molar-refractivity contribution in [3.05, 3.63) is 0 Å². The summed E-state index contributed by atoms with van der Waals surface area (Å²) in [5.74, 6) is 0.231. The molecule has 94 valence electrons. The molecule has 1 amide bonds. The first-order chi connectivity index (χ1) is 7.61. The Morgan fingerprint density at radius 1 is 1.19 bits per heavy atom. The third kappa shape index (κ3) is 7.63. The van der Waals surface area contributed by atoms with Crippen molar-refractivity contribution in [2.45, 2.75) is 52.4 Å². The summed E-state index contributed by atoms with van der Waals surface area (Å²) in [7, 11) is 0. The summed E-state index contributed by atoms with van der Waals surface area (Å²) < 4.78 is 0. The van der Waals surface area contributed by atoms with E-state index in [-0.39, 0.29) is 5.91 Å². The van der Waals surface area contributed by atoms with Gasteiger partial charge < -0.3 is 10.6 Å². The molecule has 0 aromatic heterocycles. The Kier molecular flexibility index (Phi) is 9.19. The van der Waals surface area contributed by atoms with Crippen molar-refractivity contribution < 1.29 is 4.79 Å². The van der Waals surface area contributed by atoms with Gasteiger partial charge in [-0.1, -0.05) is 38.4 Å². The molecule has 0 radical (unpaired) electrons. The highest BCUT2D eigenvalue weighted by molar-refractivity contribution is 7.80. The maximum absolute atomic E-state index is 11.8. The number of nitrogens with zero attached hydrogens (tertiary/aromatic N) is 1. The number of hydrogen-bond acceptors (Lipinski definition) is 2. The van der Waals surface area contributed by atoms with Crippen LogP contribution in [0.3, 0.4) is 0 Å². The molecule has 0 aromatic rings. The Bertz CT molecular complexity index is 219. The van der Waals surface area contributed by atoms with Crippen LogP contribution in [0.15, 0.2) is 0 Å². The van der Waals surface area contributed by atoms with E-state index in [1.54, 1.807) is 0 Å². The van der Waals surface area contributed by atoms with Crippen LogP contribution in [0.1, 0.15) is 52.4 Å². The van der Waals surface area contributed by atoms with Crippen LogP contribution in [0.2, 0.25) is 0 Å². The minimum atomic E-state index is 0.231. The van der Waals surface area contributed by atoms with Gasteiger partial charge in [0.05, 0.1) is 4.99 Å². The van der Waals surface area contributed by atoms with Crippen LogP contribution < -0.4 is 5.73 Å². The normalized spacial score (nSPS) is 10.1. The molecule has 0 rings (SSSR count).